The summed E-state index contributed by atoms with van der Waals surface area (Å²) in [7, 11) is 0. The first-order valence-electron chi connectivity index (χ1n) is 12.4. The van der Waals surface area contributed by atoms with Crippen molar-refractivity contribution >= 4 is 18.0 Å². The molecule has 8 heteroatoms. The predicted octanol–water partition coefficient (Wildman–Crippen LogP) is 4.56. The smallest absolute Gasteiger partial charge is 0.408 e. The van der Waals surface area contributed by atoms with Crippen molar-refractivity contribution in [2.75, 3.05) is 6.61 Å². The summed E-state index contributed by atoms with van der Waals surface area (Å²) < 4.78 is 10.8. The Bertz CT molecular complexity index is 1280. The number of carboxylic acid groups (broad SMARTS) is 1. The van der Waals surface area contributed by atoms with E-state index in [0.29, 0.717) is 11.1 Å². The van der Waals surface area contributed by atoms with E-state index in [0.717, 1.165) is 22.3 Å². The fourth-order valence-corrected chi connectivity index (χ4v) is 4.58. The SMILES string of the molecule is CC(C)(C)OC(=O)N[C@@H](Cc1ccc(C(N)C(=O)OCC2c3ccccc3-c3ccccc32)cc1)C(=O)O. The molecule has 3 aromatic carbocycles. The number of carbonyl (C=O) groups is 3. The molecule has 0 bridgehead atoms. The van der Waals surface area contributed by atoms with Gasteiger partial charge in [0.25, 0.3) is 0 Å². The normalized spacial score (nSPS) is 14.1. The average Bonchev–Trinajstić information content (AvgIpc) is 3.19. The summed E-state index contributed by atoms with van der Waals surface area (Å²) in [4.78, 5) is 36.5. The minimum atomic E-state index is -1.18. The summed E-state index contributed by atoms with van der Waals surface area (Å²) in [6.07, 6.45) is -0.770. The van der Waals surface area contributed by atoms with Gasteiger partial charge in [-0.2, -0.15) is 0 Å². The minimum absolute atomic E-state index is 0.0367. The van der Waals surface area contributed by atoms with Gasteiger partial charge in [0, 0.05) is 12.3 Å². The number of alkyl carbamates (subject to hydrolysis) is 1. The molecule has 1 aliphatic carbocycles. The van der Waals surface area contributed by atoms with Gasteiger partial charge in [-0.05, 0) is 54.2 Å². The first kappa shape index (κ1) is 26.9. The third kappa shape index (κ3) is 6.20. The molecular weight excluding hydrogens is 484 g/mol. The highest BCUT2D eigenvalue weighted by molar-refractivity contribution is 5.81. The number of hydrogen-bond acceptors (Lipinski definition) is 6. The topological polar surface area (TPSA) is 128 Å². The van der Waals surface area contributed by atoms with Crippen molar-refractivity contribution < 1.29 is 29.0 Å². The first-order valence-corrected chi connectivity index (χ1v) is 12.4. The second-order valence-corrected chi connectivity index (χ2v) is 10.3. The van der Waals surface area contributed by atoms with Gasteiger partial charge in [-0.3, -0.25) is 0 Å². The highest BCUT2D eigenvalue weighted by atomic mass is 16.6. The number of carboxylic acids is 1. The molecule has 0 radical (unpaired) electrons. The number of aliphatic carboxylic acids is 1. The van der Waals surface area contributed by atoms with Crippen molar-refractivity contribution in [3.63, 3.8) is 0 Å². The molecule has 0 saturated heterocycles. The van der Waals surface area contributed by atoms with Crippen molar-refractivity contribution in [3.8, 4) is 11.1 Å². The molecule has 3 aromatic rings. The van der Waals surface area contributed by atoms with Gasteiger partial charge in [0.1, 0.15) is 24.3 Å². The molecule has 198 valence electrons. The van der Waals surface area contributed by atoms with Gasteiger partial charge in [0.15, 0.2) is 0 Å². The van der Waals surface area contributed by atoms with E-state index >= 15 is 0 Å². The molecule has 1 aliphatic rings. The number of fused-ring (bicyclic) bond motifs is 3. The van der Waals surface area contributed by atoms with Crippen LogP contribution in [-0.2, 0) is 25.5 Å². The van der Waals surface area contributed by atoms with Gasteiger partial charge in [-0.1, -0.05) is 72.8 Å². The number of nitrogens with one attached hydrogen (secondary N) is 1. The Labute approximate surface area is 221 Å². The third-order valence-corrected chi connectivity index (χ3v) is 6.38. The molecular formula is C30H32N2O6. The van der Waals surface area contributed by atoms with Crippen molar-refractivity contribution in [2.24, 2.45) is 5.73 Å². The largest absolute Gasteiger partial charge is 0.480 e. The van der Waals surface area contributed by atoms with Crippen LogP contribution in [0.2, 0.25) is 0 Å². The van der Waals surface area contributed by atoms with E-state index < -0.39 is 35.7 Å². The van der Waals surface area contributed by atoms with E-state index in [9.17, 15) is 19.5 Å². The lowest BCUT2D eigenvalue weighted by atomic mass is 9.98. The number of amides is 1. The Kier molecular flexibility index (Phi) is 7.83. The Morgan fingerprint density at radius 2 is 1.47 bits per heavy atom. The van der Waals surface area contributed by atoms with Crippen molar-refractivity contribution in [1.29, 1.82) is 0 Å². The Hall–Kier alpha value is -4.17. The molecule has 0 saturated carbocycles. The van der Waals surface area contributed by atoms with Crippen LogP contribution >= 0.6 is 0 Å². The van der Waals surface area contributed by atoms with Gasteiger partial charge in [0.05, 0.1) is 0 Å². The molecule has 0 aliphatic heterocycles. The minimum Gasteiger partial charge on any atom is -0.480 e. The summed E-state index contributed by atoms with van der Waals surface area (Å²) >= 11 is 0. The number of nitrogens with two attached hydrogens (primary N) is 1. The molecule has 8 nitrogen and oxygen atoms in total. The van der Waals surface area contributed by atoms with Gasteiger partial charge >= 0.3 is 18.0 Å². The molecule has 38 heavy (non-hydrogen) atoms. The van der Waals surface area contributed by atoms with Gasteiger partial charge < -0.3 is 25.6 Å². The molecule has 4 rings (SSSR count). The lowest BCUT2D eigenvalue weighted by Gasteiger charge is -2.22. The monoisotopic (exact) mass is 516 g/mol. The van der Waals surface area contributed by atoms with Gasteiger partial charge in [-0.15, -0.1) is 0 Å². The van der Waals surface area contributed by atoms with Crippen LogP contribution in [0.3, 0.4) is 0 Å². The molecule has 0 spiro atoms. The first-order chi connectivity index (χ1) is 18.0. The summed E-state index contributed by atoms with van der Waals surface area (Å²) in [6.45, 7) is 5.26. The Morgan fingerprint density at radius 3 is 2.00 bits per heavy atom. The standard InChI is InChI=1S/C30H32N2O6/c1-30(2,3)38-29(36)32-25(27(33)34)16-18-12-14-19(15-13-18)26(31)28(35)37-17-24-22-10-6-4-8-20(22)21-9-5-7-11-23(21)24/h4-15,24-26H,16-17,31H2,1-3H3,(H,32,36)(H,33,34)/t25-,26?/m0/s1. The van der Waals surface area contributed by atoms with Crippen LogP contribution in [-0.4, -0.2) is 41.4 Å². The van der Waals surface area contributed by atoms with Crippen LogP contribution < -0.4 is 11.1 Å². The zero-order valence-corrected chi connectivity index (χ0v) is 21.6. The summed E-state index contributed by atoms with van der Waals surface area (Å²) in [5.41, 5.74) is 11.2. The number of benzene rings is 3. The van der Waals surface area contributed by atoms with Crippen LogP contribution in [0, 0.1) is 0 Å². The van der Waals surface area contributed by atoms with Gasteiger partial charge in [0.2, 0.25) is 0 Å². The fraction of sp³-hybridized carbons (Fsp3) is 0.300. The van der Waals surface area contributed by atoms with Crippen LogP contribution in [0.15, 0.2) is 72.8 Å². The number of esters is 1. The van der Waals surface area contributed by atoms with E-state index in [2.05, 4.69) is 29.6 Å². The van der Waals surface area contributed by atoms with Crippen LogP contribution in [0.1, 0.15) is 55.0 Å². The second kappa shape index (κ2) is 11.1. The fourth-order valence-electron chi connectivity index (χ4n) is 4.58. The van der Waals surface area contributed by atoms with Crippen LogP contribution in [0.5, 0.6) is 0 Å². The summed E-state index contributed by atoms with van der Waals surface area (Å²) in [5.74, 6) is -1.80. The molecule has 0 fully saturated rings. The summed E-state index contributed by atoms with van der Waals surface area (Å²) in [5, 5.41) is 11.9. The van der Waals surface area contributed by atoms with E-state index in [4.69, 9.17) is 15.2 Å². The highest BCUT2D eigenvalue weighted by Crippen LogP contribution is 2.44. The zero-order valence-electron chi connectivity index (χ0n) is 21.6. The zero-order chi connectivity index (χ0) is 27.4. The van der Waals surface area contributed by atoms with Crippen molar-refractivity contribution in [2.45, 2.75) is 50.8 Å². The van der Waals surface area contributed by atoms with Crippen molar-refractivity contribution in [3.05, 3.63) is 95.1 Å². The number of ether oxygens (including phenoxy) is 2. The molecule has 0 aromatic heterocycles. The average molecular weight is 517 g/mol. The van der Waals surface area contributed by atoms with E-state index in [-0.39, 0.29) is 18.9 Å². The van der Waals surface area contributed by atoms with Gasteiger partial charge in [-0.25, -0.2) is 14.4 Å². The maximum Gasteiger partial charge on any atom is 0.408 e. The van der Waals surface area contributed by atoms with E-state index in [1.165, 1.54) is 0 Å². The van der Waals surface area contributed by atoms with Crippen LogP contribution in [0.4, 0.5) is 4.79 Å². The molecule has 0 heterocycles. The van der Waals surface area contributed by atoms with E-state index in [1.54, 1.807) is 45.0 Å². The van der Waals surface area contributed by atoms with E-state index in [1.807, 2.05) is 24.3 Å². The summed E-state index contributed by atoms with van der Waals surface area (Å²) in [6, 6.07) is 20.7. The highest BCUT2D eigenvalue weighted by Gasteiger charge is 2.30. The number of rotatable bonds is 8. The third-order valence-electron chi connectivity index (χ3n) is 6.38. The maximum atomic E-state index is 12.8. The Morgan fingerprint density at radius 1 is 0.921 bits per heavy atom. The number of carbonyl (C=O) groups excluding carboxylic acids is 2. The quantitative estimate of drug-likeness (QED) is 0.374. The molecule has 4 N–H and O–H groups in total. The second-order valence-electron chi connectivity index (χ2n) is 10.3. The Balaban J connectivity index is 1.37. The lowest BCUT2D eigenvalue weighted by Crippen LogP contribution is -2.44. The number of hydrogen-bond donors (Lipinski definition) is 3. The predicted molar refractivity (Wildman–Crippen MR) is 143 cm³/mol. The van der Waals surface area contributed by atoms with Crippen LogP contribution in [0.25, 0.3) is 11.1 Å². The molecule has 1 amide bonds. The maximum absolute atomic E-state index is 12.8. The lowest BCUT2D eigenvalue weighted by molar-refractivity contribution is -0.145. The molecule has 2 atom stereocenters. The molecule has 1 unspecified atom stereocenters. The van der Waals surface area contributed by atoms with Crippen molar-refractivity contribution in [1.82, 2.24) is 5.32 Å².